The van der Waals surface area contributed by atoms with Crippen LogP contribution in [-0.4, -0.2) is 23.3 Å². The van der Waals surface area contributed by atoms with E-state index in [1.54, 1.807) is 7.11 Å². The lowest BCUT2D eigenvalue weighted by Crippen LogP contribution is -2.21. The van der Waals surface area contributed by atoms with Crippen molar-refractivity contribution in [3.8, 4) is 0 Å². The second-order valence-corrected chi connectivity index (χ2v) is 6.28. The molecule has 0 saturated heterocycles. The summed E-state index contributed by atoms with van der Waals surface area (Å²) in [6.07, 6.45) is 1.02. The number of para-hydroxylation sites is 1. The van der Waals surface area contributed by atoms with Crippen LogP contribution in [-0.2, 0) is 11.3 Å². The number of aryl methyl sites for hydroxylation is 1. The highest BCUT2D eigenvalue weighted by atomic mass is 32.1. The number of ether oxygens (including phenoxy) is 1. The fourth-order valence-electron chi connectivity index (χ4n) is 2.44. The molecule has 4 heteroatoms. The average Bonchev–Trinajstić information content (AvgIpc) is 2.64. The van der Waals surface area contributed by atoms with E-state index in [-0.39, 0.29) is 5.41 Å². The molecule has 0 spiro atoms. The number of hydrogen-bond acceptors (Lipinski definition) is 2. The number of imidazole rings is 1. The molecule has 0 aliphatic carbocycles. The molecule has 1 aromatic heterocycles. The van der Waals surface area contributed by atoms with E-state index in [1.807, 2.05) is 0 Å². The molecule has 2 aromatic rings. The third kappa shape index (κ3) is 3.07. The quantitative estimate of drug-likeness (QED) is 0.836. The van der Waals surface area contributed by atoms with Crippen molar-refractivity contribution in [2.45, 2.75) is 33.7 Å². The highest BCUT2D eigenvalue weighted by Gasteiger charge is 2.20. The smallest absolute Gasteiger partial charge is 0.178 e. The molecule has 0 fully saturated rings. The number of benzene rings is 1. The second kappa shape index (κ2) is 5.47. The van der Waals surface area contributed by atoms with E-state index in [9.17, 15) is 0 Å². The molecule has 19 heavy (non-hydrogen) atoms. The van der Waals surface area contributed by atoms with Crippen LogP contribution in [0.5, 0.6) is 0 Å². The van der Waals surface area contributed by atoms with Crippen molar-refractivity contribution in [2.24, 2.45) is 5.41 Å². The first-order valence-corrected chi connectivity index (χ1v) is 7.02. The lowest BCUT2D eigenvalue weighted by atomic mass is 9.89. The summed E-state index contributed by atoms with van der Waals surface area (Å²) in [4.78, 5) is 3.29. The number of H-pyrrole nitrogens is 1. The molecule has 0 atom stereocenters. The Kier molecular flexibility index (Phi) is 4.11. The Morgan fingerprint density at radius 3 is 2.79 bits per heavy atom. The van der Waals surface area contributed by atoms with Crippen molar-refractivity contribution in [3.05, 3.63) is 28.5 Å². The van der Waals surface area contributed by atoms with E-state index < -0.39 is 0 Å². The molecule has 0 aliphatic heterocycles. The molecule has 1 N–H and O–H groups in total. The molecule has 3 nitrogen and oxygen atoms in total. The minimum absolute atomic E-state index is 0.158. The first-order chi connectivity index (χ1) is 8.94. The fraction of sp³-hybridized carbons (Fsp3) is 0.533. The Labute approximate surface area is 119 Å². The standard InChI is InChI=1S/C15H22N2OS/c1-11-6-5-7-12-13(11)17(14(19)16-12)10-15(2,3)8-9-18-4/h5-7H,8-10H2,1-4H3,(H,16,19). The molecule has 1 aromatic carbocycles. The summed E-state index contributed by atoms with van der Waals surface area (Å²) >= 11 is 5.47. The number of hydrogen-bond donors (Lipinski definition) is 1. The zero-order valence-electron chi connectivity index (χ0n) is 12.1. The maximum atomic E-state index is 5.47. The number of aromatic nitrogens is 2. The van der Waals surface area contributed by atoms with Gasteiger partial charge in [-0.05, 0) is 42.6 Å². The van der Waals surface area contributed by atoms with Gasteiger partial charge in [0.05, 0.1) is 11.0 Å². The number of nitrogens with one attached hydrogen (secondary N) is 1. The van der Waals surface area contributed by atoms with Crippen molar-refractivity contribution in [2.75, 3.05) is 13.7 Å². The van der Waals surface area contributed by atoms with Crippen LogP contribution in [0.2, 0.25) is 0 Å². The number of rotatable bonds is 5. The lowest BCUT2D eigenvalue weighted by molar-refractivity contribution is 0.143. The van der Waals surface area contributed by atoms with Crippen LogP contribution in [0.4, 0.5) is 0 Å². The van der Waals surface area contributed by atoms with Gasteiger partial charge >= 0.3 is 0 Å². The summed E-state index contributed by atoms with van der Waals surface area (Å²) in [6.45, 7) is 8.32. The predicted octanol–water partition coefficient (Wildman–Crippen LogP) is 4.07. The van der Waals surface area contributed by atoms with Gasteiger partial charge in [-0.1, -0.05) is 26.0 Å². The second-order valence-electron chi connectivity index (χ2n) is 5.89. The number of fused-ring (bicyclic) bond motifs is 1. The zero-order chi connectivity index (χ0) is 14.0. The van der Waals surface area contributed by atoms with Crippen LogP contribution < -0.4 is 0 Å². The molecule has 1 heterocycles. The van der Waals surface area contributed by atoms with Gasteiger partial charge in [0, 0.05) is 20.3 Å². The van der Waals surface area contributed by atoms with Gasteiger partial charge in [0.25, 0.3) is 0 Å². The van der Waals surface area contributed by atoms with E-state index >= 15 is 0 Å². The van der Waals surface area contributed by atoms with Gasteiger partial charge in [0.1, 0.15) is 0 Å². The predicted molar refractivity (Wildman–Crippen MR) is 82.1 cm³/mol. The Hall–Kier alpha value is -1.13. The minimum Gasteiger partial charge on any atom is -0.385 e. The van der Waals surface area contributed by atoms with Gasteiger partial charge in [-0.25, -0.2) is 0 Å². The fourth-order valence-corrected chi connectivity index (χ4v) is 2.70. The van der Waals surface area contributed by atoms with Crippen LogP contribution in [0.15, 0.2) is 18.2 Å². The molecule has 0 radical (unpaired) electrons. The van der Waals surface area contributed by atoms with E-state index in [0.29, 0.717) is 0 Å². The summed E-state index contributed by atoms with van der Waals surface area (Å²) in [5.41, 5.74) is 3.75. The Morgan fingerprint density at radius 1 is 1.37 bits per heavy atom. The molecule has 0 aliphatic rings. The zero-order valence-corrected chi connectivity index (χ0v) is 12.9. The SMILES string of the molecule is COCCC(C)(C)Cn1c(=S)[nH]c2cccc(C)c21. The normalized spacial score (nSPS) is 12.2. The first-order valence-electron chi connectivity index (χ1n) is 6.62. The number of nitrogens with zero attached hydrogens (tertiary/aromatic N) is 1. The Morgan fingerprint density at radius 2 is 2.11 bits per heavy atom. The van der Waals surface area contributed by atoms with Crippen LogP contribution in [0.25, 0.3) is 11.0 Å². The number of methoxy groups -OCH3 is 1. The molecule has 104 valence electrons. The van der Waals surface area contributed by atoms with Gasteiger partial charge in [-0.3, -0.25) is 0 Å². The third-order valence-corrected chi connectivity index (χ3v) is 3.89. The molecule has 0 amide bonds. The third-order valence-electron chi connectivity index (χ3n) is 3.56. The largest absolute Gasteiger partial charge is 0.385 e. The molecular formula is C15H22N2OS. The molecule has 2 rings (SSSR count). The topological polar surface area (TPSA) is 29.9 Å². The van der Waals surface area contributed by atoms with Crippen LogP contribution in [0, 0.1) is 17.1 Å². The first kappa shape index (κ1) is 14.3. The summed E-state index contributed by atoms with van der Waals surface area (Å²) in [6, 6.07) is 6.27. The van der Waals surface area contributed by atoms with Crippen molar-refractivity contribution >= 4 is 23.3 Å². The average molecular weight is 278 g/mol. The minimum atomic E-state index is 0.158. The molecule has 0 saturated carbocycles. The van der Waals surface area contributed by atoms with Crippen molar-refractivity contribution in [1.29, 1.82) is 0 Å². The van der Waals surface area contributed by atoms with Crippen LogP contribution >= 0.6 is 12.2 Å². The Balaban J connectivity index is 2.40. The Bertz CT molecular complexity index is 625. The van der Waals surface area contributed by atoms with Gasteiger partial charge < -0.3 is 14.3 Å². The van der Waals surface area contributed by atoms with Crippen molar-refractivity contribution in [1.82, 2.24) is 9.55 Å². The maximum absolute atomic E-state index is 5.47. The van der Waals surface area contributed by atoms with E-state index in [2.05, 4.69) is 48.5 Å². The van der Waals surface area contributed by atoms with Crippen LogP contribution in [0.1, 0.15) is 25.8 Å². The lowest BCUT2D eigenvalue weighted by Gasteiger charge is -2.25. The van der Waals surface area contributed by atoms with Gasteiger partial charge in [0.2, 0.25) is 0 Å². The summed E-state index contributed by atoms with van der Waals surface area (Å²) in [5.74, 6) is 0. The highest BCUT2D eigenvalue weighted by Crippen LogP contribution is 2.27. The van der Waals surface area contributed by atoms with E-state index in [0.717, 1.165) is 29.9 Å². The summed E-state index contributed by atoms with van der Waals surface area (Å²) in [7, 11) is 1.75. The van der Waals surface area contributed by atoms with Gasteiger partial charge in [0.15, 0.2) is 4.77 Å². The molecular weight excluding hydrogens is 256 g/mol. The van der Waals surface area contributed by atoms with Crippen LogP contribution in [0.3, 0.4) is 0 Å². The monoisotopic (exact) mass is 278 g/mol. The number of aromatic amines is 1. The summed E-state index contributed by atoms with van der Waals surface area (Å²) < 4.78 is 8.21. The van der Waals surface area contributed by atoms with E-state index in [1.165, 1.54) is 11.1 Å². The van der Waals surface area contributed by atoms with Crippen molar-refractivity contribution < 1.29 is 4.74 Å². The van der Waals surface area contributed by atoms with Gasteiger partial charge in [-0.2, -0.15) is 0 Å². The maximum Gasteiger partial charge on any atom is 0.178 e. The summed E-state index contributed by atoms with van der Waals surface area (Å²) in [5, 5.41) is 0. The highest BCUT2D eigenvalue weighted by molar-refractivity contribution is 7.71. The molecule has 0 bridgehead atoms. The molecule has 0 unspecified atom stereocenters. The van der Waals surface area contributed by atoms with Gasteiger partial charge in [-0.15, -0.1) is 0 Å². The van der Waals surface area contributed by atoms with Crippen molar-refractivity contribution in [3.63, 3.8) is 0 Å². The van der Waals surface area contributed by atoms with E-state index in [4.69, 9.17) is 17.0 Å².